The molecule has 1 atom stereocenters. The molecule has 1 heterocycles. The van der Waals surface area contributed by atoms with Crippen LogP contribution in [0.2, 0.25) is 0 Å². The molecule has 1 saturated heterocycles. The summed E-state index contributed by atoms with van der Waals surface area (Å²) in [6, 6.07) is 21.8. The topological polar surface area (TPSA) is 95.9 Å². The number of amides is 2. The molecule has 2 aliphatic rings. The van der Waals surface area contributed by atoms with Crippen LogP contribution in [0.4, 0.5) is 10.5 Å². The first-order valence-electron chi connectivity index (χ1n) is 10.9. The number of hydrogen-bond acceptors (Lipinski definition) is 5. The van der Waals surface area contributed by atoms with Crippen molar-refractivity contribution in [3.8, 4) is 11.1 Å². The Kier molecular flexibility index (Phi) is 5.98. The van der Waals surface area contributed by atoms with Crippen LogP contribution in [0.15, 0.2) is 72.8 Å². The Labute approximate surface area is 200 Å². The first kappa shape index (κ1) is 22.0. The number of carboxylic acid groups (broad SMARTS) is 1. The van der Waals surface area contributed by atoms with Gasteiger partial charge in [-0.25, -0.2) is 9.59 Å². The number of nitrogens with zero attached hydrogens (tertiary/aromatic N) is 1. The van der Waals surface area contributed by atoms with E-state index in [4.69, 9.17) is 4.74 Å². The van der Waals surface area contributed by atoms with Gasteiger partial charge in [-0.05, 0) is 34.4 Å². The number of nitrogens with one attached hydrogen (secondary N) is 1. The second-order valence-electron chi connectivity index (χ2n) is 8.12. The van der Waals surface area contributed by atoms with Crippen molar-refractivity contribution in [1.29, 1.82) is 0 Å². The molecule has 3 aromatic rings. The van der Waals surface area contributed by atoms with Crippen molar-refractivity contribution in [2.45, 2.75) is 12.0 Å². The third kappa shape index (κ3) is 4.01. The third-order valence-corrected chi connectivity index (χ3v) is 7.18. The maximum Gasteiger partial charge on any atom is 0.411 e. The van der Waals surface area contributed by atoms with E-state index in [-0.39, 0.29) is 29.7 Å². The number of carbonyl (C=O) groups is 3. The monoisotopic (exact) mass is 474 g/mol. The number of thioether (sulfide) groups is 1. The molecule has 0 bridgehead atoms. The highest BCUT2D eigenvalue weighted by Gasteiger charge is 2.36. The van der Waals surface area contributed by atoms with Gasteiger partial charge in [-0.3, -0.25) is 10.1 Å². The molecule has 34 heavy (non-hydrogen) atoms. The minimum absolute atomic E-state index is 0.0759. The summed E-state index contributed by atoms with van der Waals surface area (Å²) in [5.74, 6) is -0.932. The van der Waals surface area contributed by atoms with E-state index in [0.717, 1.165) is 22.3 Å². The highest BCUT2D eigenvalue weighted by atomic mass is 32.2. The molecule has 1 aliphatic heterocycles. The minimum Gasteiger partial charge on any atom is -0.480 e. The first-order valence-corrected chi connectivity index (χ1v) is 12.0. The SMILES string of the molecule is O=C(Nc1ccccc1C(=O)N1CSC[C@H]1C(=O)O)OCC1c2ccccc2-c2ccccc21. The Morgan fingerprint density at radius 1 is 0.941 bits per heavy atom. The normalized spacial score (nSPS) is 16.6. The van der Waals surface area contributed by atoms with Gasteiger partial charge in [-0.15, -0.1) is 11.8 Å². The van der Waals surface area contributed by atoms with Gasteiger partial charge in [-0.1, -0.05) is 60.7 Å². The fraction of sp³-hybridized carbons (Fsp3) is 0.192. The zero-order chi connectivity index (χ0) is 23.7. The average Bonchev–Trinajstić information content (AvgIpc) is 3.46. The number of hydrogen-bond donors (Lipinski definition) is 2. The van der Waals surface area contributed by atoms with Gasteiger partial charge in [0.05, 0.1) is 17.1 Å². The first-order chi connectivity index (χ1) is 16.5. The molecule has 2 amide bonds. The predicted octanol–water partition coefficient (Wildman–Crippen LogP) is 4.65. The quantitative estimate of drug-likeness (QED) is 0.559. The molecule has 1 aliphatic carbocycles. The standard InChI is InChI=1S/C26H22N2O5S/c29-24(28-15-34-14-23(28)25(30)31)20-11-5-6-12-22(20)27-26(32)33-13-21-18-9-3-1-7-16(18)17-8-2-4-10-19(17)21/h1-12,21,23H,13-15H2,(H,27,32)(H,30,31)/t23-/m0/s1. The van der Waals surface area contributed by atoms with Crippen LogP contribution in [0, 0.1) is 0 Å². The molecule has 172 valence electrons. The van der Waals surface area contributed by atoms with E-state index in [1.807, 2.05) is 36.4 Å². The van der Waals surface area contributed by atoms with Gasteiger partial charge in [0.1, 0.15) is 12.6 Å². The lowest BCUT2D eigenvalue weighted by Gasteiger charge is -2.22. The molecule has 0 saturated carbocycles. The number of carbonyl (C=O) groups excluding carboxylic acids is 2. The number of para-hydroxylation sites is 1. The second kappa shape index (κ2) is 9.23. The highest BCUT2D eigenvalue weighted by Crippen LogP contribution is 2.44. The number of ether oxygens (including phenoxy) is 1. The molecule has 0 radical (unpaired) electrons. The smallest absolute Gasteiger partial charge is 0.411 e. The van der Waals surface area contributed by atoms with E-state index in [0.29, 0.717) is 5.75 Å². The van der Waals surface area contributed by atoms with Crippen LogP contribution in [0.3, 0.4) is 0 Å². The fourth-order valence-electron chi connectivity index (χ4n) is 4.53. The maximum atomic E-state index is 13.1. The van der Waals surface area contributed by atoms with Gasteiger partial charge in [-0.2, -0.15) is 0 Å². The highest BCUT2D eigenvalue weighted by molar-refractivity contribution is 7.99. The Bertz CT molecular complexity index is 1230. The number of carboxylic acids is 1. The van der Waals surface area contributed by atoms with E-state index >= 15 is 0 Å². The Balaban J connectivity index is 1.30. The largest absolute Gasteiger partial charge is 0.480 e. The summed E-state index contributed by atoms with van der Waals surface area (Å²) < 4.78 is 5.59. The molecular formula is C26H22N2O5S. The summed E-state index contributed by atoms with van der Waals surface area (Å²) in [6.07, 6.45) is -0.673. The van der Waals surface area contributed by atoms with Crippen LogP contribution in [-0.4, -0.2) is 52.3 Å². The summed E-state index contributed by atoms with van der Waals surface area (Å²) in [5.41, 5.74) is 5.01. The summed E-state index contributed by atoms with van der Waals surface area (Å²) in [6.45, 7) is 0.153. The number of fused-ring (bicyclic) bond motifs is 3. The van der Waals surface area contributed by atoms with Crippen molar-refractivity contribution in [2.75, 3.05) is 23.6 Å². The molecular weight excluding hydrogens is 452 g/mol. The lowest BCUT2D eigenvalue weighted by Crippen LogP contribution is -2.42. The summed E-state index contributed by atoms with van der Waals surface area (Å²) in [4.78, 5) is 38.6. The molecule has 0 aromatic heterocycles. The van der Waals surface area contributed by atoms with Crippen LogP contribution < -0.4 is 5.32 Å². The molecule has 1 fully saturated rings. The lowest BCUT2D eigenvalue weighted by molar-refractivity contribution is -0.140. The van der Waals surface area contributed by atoms with Gasteiger partial charge in [0.25, 0.3) is 5.91 Å². The van der Waals surface area contributed by atoms with E-state index < -0.39 is 24.0 Å². The Hall–Kier alpha value is -3.78. The zero-order valence-corrected chi connectivity index (χ0v) is 19.0. The van der Waals surface area contributed by atoms with Crippen LogP contribution in [0.1, 0.15) is 27.4 Å². The van der Waals surface area contributed by atoms with Crippen LogP contribution in [0.5, 0.6) is 0 Å². The molecule has 7 nitrogen and oxygen atoms in total. The number of anilines is 1. The van der Waals surface area contributed by atoms with Crippen molar-refractivity contribution in [3.05, 3.63) is 89.5 Å². The number of aliphatic carboxylic acids is 1. The van der Waals surface area contributed by atoms with Crippen LogP contribution >= 0.6 is 11.8 Å². The fourth-order valence-corrected chi connectivity index (χ4v) is 5.67. The van der Waals surface area contributed by atoms with Gasteiger partial charge in [0.15, 0.2) is 0 Å². The van der Waals surface area contributed by atoms with Crippen LogP contribution in [0.25, 0.3) is 11.1 Å². The van der Waals surface area contributed by atoms with Crippen LogP contribution in [-0.2, 0) is 9.53 Å². The van der Waals surface area contributed by atoms with Crippen molar-refractivity contribution in [2.24, 2.45) is 0 Å². The van der Waals surface area contributed by atoms with Gasteiger partial charge in [0.2, 0.25) is 0 Å². The molecule has 0 unspecified atom stereocenters. The van der Waals surface area contributed by atoms with Crippen molar-refractivity contribution >= 4 is 35.4 Å². The second-order valence-corrected chi connectivity index (χ2v) is 9.12. The number of benzene rings is 3. The van der Waals surface area contributed by atoms with E-state index in [2.05, 4.69) is 17.4 Å². The number of rotatable bonds is 5. The van der Waals surface area contributed by atoms with Crippen molar-refractivity contribution in [3.63, 3.8) is 0 Å². The third-order valence-electron chi connectivity index (χ3n) is 6.17. The molecule has 0 spiro atoms. The van der Waals surface area contributed by atoms with E-state index in [1.54, 1.807) is 24.3 Å². The summed E-state index contributed by atoms with van der Waals surface area (Å²) >= 11 is 1.38. The van der Waals surface area contributed by atoms with Gasteiger partial charge < -0.3 is 14.7 Å². The molecule has 5 rings (SSSR count). The lowest BCUT2D eigenvalue weighted by atomic mass is 9.98. The molecule has 3 aromatic carbocycles. The minimum atomic E-state index is -1.04. The van der Waals surface area contributed by atoms with Gasteiger partial charge in [0, 0.05) is 11.7 Å². The maximum absolute atomic E-state index is 13.1. The van der Waals surface area contributed by atoms with E-state index in [1.165, 1.54) is 16.7 Å². The average molecular weight is 475 g/mol. The Morgan fingerprint density at radius 3 is 2.24 bits per heavy atom. The Morgan fingerprint density at radius 2 is 1.56 bits per heavy atom. The van der Waals surface area contributed by atoms with Crippen molar-refractivity contribution in [1.82, 2.24) is 4.90 Å². The molecule has 2 N–H and O–H groups in total. The zero-order valence-electron chi connectivity index (χ0n) is 18.1. The summed E-state index contributed by atoms with van der Waals surface area (Å²) in [5, 5.41) is 12.1. The summed E-state index contributed by atoms with van der Waals surface area (Å²) in [7, 11) is 0. The predicted molar refractivity (Wildman–Crippen MR) is 130 cm³/mol. The van der Waals surface area contributed by atoms with Gasteiger partial charge >= 0.3 is 12.1 Å². The molecule has 8 heteroatoms. The van der Waals surface area contributed by atoms with E-state index in [9.17, 15) is 19.5 Å². The van der Waals surface area contributed by atoms with Crippen molar-refractivity contribution < 1.29 is 24.2 Å².